The predicted octanol–water partition coefficient (Wildman–Crippen LogP) is 0.769. The Hall–Kier alpha value is 1.35. The van der Waals surface area contributed by atoms with Gasteiger partial charge in [0.15, 0.2) is 0 Å². The Balaban J connectivity index is -0.0000000300. The molecular formula is C6H16O2Ti2. The fraction of sp³-hybridized carbons (Fsp3) is 1.00. The van der Waals surface area contributed by atoms with Crippen molar-refractivity contribution in [3.8, 4) is 0 Å². The average Bonchev–Trinajstić information content (AvgIpc) is 1.25. The van der Waals surface area contributed by atoms with Crippen LogP contribution in [0, 0.1) is 0 Å². The second kappa shape index (κ2) is 16.7. The summed E-state index contributed by atoms with van der Waals surface area (Å²) in [6.45, 7) is 6.89. The van der Waals surface area contributed by atoms with Gasteiger partial charge in [-0.1, -0.05) is 0 Å². The predicted molar refractivity (Wildman–Crippen MR) is 34.7 cm³/mol. The Labute approximate surface area is 93.2 Å². The Bertz CT molecular complexity index is 29.2. The van der Waals surface area contributed by atoms with E-state index in [9.17, 15) is 0 Å². The van der Waals surface area contributed by atoms with E-state index in [2.05, 4.69) is 0 Å². The Kier molecular flexibility index (Phi) is 37.7. The molecule has 4 heteroatoms. The van der Waals surface area contributed by atoms with Crippen molar-refractivity contribution in [3.05, 3.63) is 0 Å². The first-order valence-corrected chi connectivity index (χ1v) is 2.83. The topological polar surface area (TPSA) is 40.5 Å². The molecular weight excluding hydrogens is 200 g/mol. The quantitative estimate of drug-likeness (QED) is 0.587. The van der Waals surface area contributed by atoms with E-state index in [4.69, 9.17) is 10.2 Å². The SMILES string of the molecule is CC(C)O.CC(C)O.[Ti].[Ti]. The van der Waals surface area contributed by atoms with Crippen molar-refractivity contribution in [2.45, 2.75) is 39.9 Å². The smallest absolute Gasteiger partial charge is 0.0483 e. The fourth-order valence-corrected chi connectivity index (χ4v) is 0. The molecule has 0 heterocycles. The summed E-state index contributed by atoms with van der Waals surface area (Å²) in [5.41, 5.74) is 0. The van der Waals surface area contributed by atoms with Crippen molar-refractivity contribution in [3.63, 3.8) is 0 Å². The molecule has 0 aliphatic carbocycles. The van der Waals surface area contributed by atoms with Crippen LogP contribution in [-0.2, 0) is 43.4 Å². The molecule has 2 N–H and O–H groups in total. The van der Waals surface area contributed by atoms with Gasteiger partial charge in [-0.05, 0) is 27.7 Å². The molecule has 0 amide bonds. The van der Waals surface area contributed by atoms with Crippen LogP contribution in [0.1, 0.15) is 27.7 Å². The number of aliphatic hydroxyl groups excluding tert-OH is 2. The maximum Gasteiger partial charge on any atom is 0.0483 e. The molecule has 0 aliphatic heterocycles. The van der Waals surface area contributed by atoms with Gasteiger partial charge >= 0.3 is 0 Å². The summed E-state index contributed by atoms with van der Waals surface area (Å²) in [6, 6.07) is 0. The van der Waals surface area contributed by atoms with Gasteiger partial charge in [0.1, 0.15) is 0 Å². The molecule has 0 bridgehead atoms. The first-order chi connectivity index (χ1) is 3.46. The summed E-state index contributed by atoms with van der Waals surface area (Å²) in [7, 11) is 0. The maximum atomic E-state index is 8.06. The average molecular weight is 216 g/mol. The molecule has 2 nitrogen and oxygen atoms in total. The number of hydrogen-bond acceptors (Lipinski definition) is 2. The number of hydrogen-bond donors (Lipinski definition) is 2. The molecule has 0 aliphatic rings. The third-order valence-corrected chi connectivity index (χ3v) is 0. The van der Waals surface area contributed by atoms with Gasteiger partial charge in [0.25, 0.3) is 0 Å². The van der Waals surface area contributed by atoms with Gasteiger partial charge in [0.05, 0.1) is 0 Å². The van der Waals surface area contributed by atoms with Gasteiger partial charge in [-0.25, -0.2) is 0 Å². The van der Waals surface area contributed by atoms with Crippen molar-refractivity contribution in [2.75, 3.05) is 0 Å². The summed E-state index contributed by atoms with van der Waals surface area (Å²) >= 11 is 0. The van der Waals surface area contributed by atoms with Crippen LogP contribution in [-0.4, -0.2) is 22.4 Å². The molecule has 0 unspecified atom stereocenters. The standard InChI is InChI=1S/2C3H8O.2Ti/c2*1-3(2)4;;/h2*3-4H,1-2H3;;. The van der Waals surface area contributed by atoms with Gasteiger partial charge in [-0.3, -0.25) is 0 Å². The van der Waals surface area contributed by atoms with E-state index < -0.39 is 0 Å². The minimum atomic E-state index is -0.167. The zero-order valence-electron chi connectivity index (χ0n) is 7.05. The van der Waals surface area contributed by atoms with Crippen LogP contribution in [0.25, 0.3) is 0 Å². The van der Waals surface area contributed by atoms with Gasteiger partial charge in [0, 0.05) is 55.6 Å². The third-order valence-electron chi connectivity index (χ3n) is 0. The molecule has 10 heavy (non-hydrogen) atoms. The monoisotopic (exact) mass is 216 g/mol. The third kappa shape index (κ3) is 358. The van der Waals surface area contributed by atoms with Crippen LogP contribution >= 0.6 is 0 Å². The van der Waals surface area contributed by atoms with E-state index in [1.165, 1.54) is 0 Å². The molecule has 0 fully saturated rings. The molecule has 0 radical (unpaired) electrons. The fourth-order valence-electron chi connectivity index (χ4n) is 0. The molecule has 0 aromatic rings. The Morgan fingerprint density at radius 2 is 0.700 bits per heavy atom. The van der Waals surface area contributed by atoms with Crippen LogP contribution in [0.15, 0.2) is 0 Å². The van der Waals surface area contributed by atoms with Crippen LogP contribution < -0.4 is 0 Å². The number of rotatable bonds is 0. The summed E-state index contributed by atoms with van der Waals surface area (Å²) < 4.78 is 0. The van der Waals surface area contributed by atoms with Gasteiger partial charge in [-0.15, -0.1) is 0 Å². The van der Waals surface area contributed by atoms with Gasteiger partial charge in [0.2, 0.25) is 0 Å². The molecule has 0 saturated heterocycles. The normalized spacial score (nSPS) is 7.20. The van der Waals surface area contributed by atoms with Crippen molar-refractivity contribution < 1.29 is 53.6 Å². The van der Waals surface area contributed by atoms with Gasteiger partial charge in [-0.2, -0.15) is 0 Å². The molecule has 0 spiro atoms. The summed E-state index contributed by atoms with van der Waals surface area (Å²) in [5, 5.41) is 16.1. The minimum absolute atomic E-state index is 0. The maximum absolute atomic E-state index is 8.06. The summed E-state index contributed by atoms with van der Waals surface area (Å²) in [6.07, 6.45) is -0.333. The van der Waals surface area contributed by atoms with Crippen molar-refractivity contribution in [2.24, 2.45) is 0 Å². The van der Waals surface area contributed by atoms with E-state index in [0.717, 1.165) is 0 Å². The molecule has 60 valence electrons. The second-order valence-corrected chi connectivity index (χ2v) is 2.19. The molecule has 0 aromatic carbocycles. The molecule has 0 saturated carbocycles. The molecule has 0 atom stereocenters. The van der Waals surface area contributed by atoms with Gasteiger partial charge < -0.3 is 10.2 Å². The van der Waals surface area contributed by atoms with Crippen LogP contribution in [0.5, 0.6) is 0 Å². The van der Waals surface area contributed by atoms with E-state index in [1.54, 1.807) is 27.7 Å². The molecule has 0 rings (SSSR count). The first kappa shape index (κ1) is 22.5. The van der Waals surface area contributed by atoms with Crippen LogP contribution in [0.2, 0.25) is 0 Å². The van der Waals surface area contributed by atoms with Crippen molar-refractivity contribution in [1.29, 1.82) is 0 Å². The van der Waals surface area contributed by atoms with E-state index in [-0.39, 0.29) is 55.6 Å². The molecule has 0 aromatic heterocycles. The van der Waals surface area contributed by atoms with Crippen LogP contribution in [0.4, 0.5) is 0 Å². The zero-order chi connectivity index (χ0) is 7.15. The summed E-state index contributed by atoms with van der Waals surface area (Å²) in [5.74, 6) is 0. The minimum Gasteiger partial charge on any atom is -0.394 e. The van der Waals surface area contributed by atoms with Crippen molar-refractivity contribution >= 4 is 0 Å². The zero-order valence-corrected chi connectivity index (χ0v) is 10.2. The Morgan fingerprint density at radius 3 is 0.700 bits per heavy atom. The van der Waals surface area contributed by atoms with E-state index >= 15 is 0 Å². The van der Waals surface area contributed by atoms with Crippen LogP contribution in [0.3, 0.4) is 0 Å². The van der Waals surface area contributed by atoms with Crippen molar-refractivity contribution in [1.82, 2.24) is 0 Å². The largest absolute Gasteiger partial charge is 0.394 e. The Morgan fingerprint density at radius 1 is 0.700 bits per heavy atom. The summed E-state index contributed by atoms with van der Waals surface area (Å²) in [4.78, 5) is 0. The van der Waals surface area contributed by atoms with E-state index in [1.807, 2.05) is 0 Å². The van der Waals surface area contributed by atoms with E-state index in [0.29, 0.717) is 0 Å². The number of aliphatic hydroxyl groups is 2. The second-order valence-electron chi connectivity index (χ2n) is 2.19. The first-order valence-electron chi connectivity index (χ1n) is 2.83.